The van der Waals surface area contributed by atoms with Gasteiger partial charge in [0.1, 0.15) is 11.4 Å². The van der Waals surface area contributed by atoms with Gasteiger partial charge in [-0.05, 0) is 42.3 Å². The summed E-state index contributed by atoms with van der Waals surface area (Å²) in [4.78, 5) is 29.6. The number of anilines is 1. The molecule has 0 fully saturated rings. The fraction of sp³-hybridized carbons (Fsp3) is 0.148. The van der Waals surface area contributed by atoms with Crippen LogP contribution in [0, 0.1) is 18.3 Å². The number of nitrogens with one attached hydrogen (secondary N) is 2. The molecule has 0 spiro atoms. The zero-order valence-electron chi connectivity index (χ0n) is 20.6. The highest BCUT2D eigenvalue weighted by atomic mass is 35.5. The second kappa shape index (κ2) is 11.0. The first-order chi connectivity index (χ1) is 18.5. The van der Waals surface area contributed by atoms with Crippen LogP contribution in [0.4, 0.5) is 18.9 Å². The minimum Gasteiger partial charge on any atom is -0.355 e. The van der Waals surface area contributed by atoms with Gasteiger partial charge in [-0.15, -0.1) is 0 Å². The molecule has 8 nitrogen and oxygen atoms in total. The number of halogens is 4. The smallest absolute Gasteiger partial charge is 0.355 e. The van der Waals surface area contributed by atoms with Crippen LogP contribution in [0.5, 0.6) is 0 Å². The summed E-state index contributed by atoms with van der Waals surface area (Å²) >= 11 is 6.39. The van der Waals surface area contributed by atoms with Gasteiger partial charge in [0.25, 0.3) is 11.8 Å². The normalized spacial score (nSPS) is 11.1. The molecule has 0 aliphatic carbocycles. The first kappa shape index (κ1) is 27.3. The Kier molecular flexibility index (Phi) is 7.69. The number of nitriles is 1. The molecule has 0 atom stereocenters. The van der Waals surface area contributed by atoms with E-state index in [4.69, 9.17) is 11.6 Å². The number of pyridine rings is 1. The Balaban J connectivity index is 1.75. The summed E-state index contributed by atoms with van der Waals surface area (Å²) in [7, 11) is 1.43. The second-order valence-corrected chi connectivity index (χ2v) is 8.89. The quantitative estimate of drug-likeness (QED) is 0.330. The largest absolute Gasteiger partial charge is 0.433 e. The zero-order valence-corrected chi connectivity index (χ0v) is 21.4. The molecule has 0 saturated heterocycles. The molecule has 0 aliphatic heterocycles. The van der Waals surface area contributed by atoms with Crippen LogP contribution in [0.2, 0.25) is 5.02 Å². The molecule has 2 amide bonds. The lowest BCUT2D eigenvalue weighted by Crippen LogP contribution is -2.22. The first-order valence-electron chi connectivity index (χ1n) is 11.4. The maximum absolute atomic E-state index is 13.6. The highest BCUT2D eigenvalue weighted by molar-refractivity contribution is 6.33. The molecule has 2 heterocycles. The molecule has 2 N–H and O–H groups in total. The van der Waals surface area contributed by atoms with Gasteiger partial charge in [0.15, 0.2) is 0 Å². The van der Waals surface area contributed by atoms with Crippen LogP contribution in [-0.2, 0) is 12.7 Å². The first-order valence-corrected chi connectivity index (χ1v) is 11.8. The minimum atomic E-state index is -4.57. The lowest BCUT2D eigenvalue weighted by molar-refractivity contribution is -0.141. The Labute approximate surface area is 226 Å². The summed E-state index contributed by atoms with van der Waals surface area (Å²) in [5.41, 5.74) is 1.24. The second-order valence-electron chi connectivity index (χ2n) is 8.48. The SMILES string of the molecule is CNC(=O)c1cc(C#N)cc(C)c1NC(=O)c1cn(Cc2ccc(C(F)(F)F)nc2)nc1-c1ccccc1Cl. The van der Waals surface area contributed by atoms with Crippen molar-refractivity contribution < 1.29 is 22.8 Å². The Morgan fingerprint density at radius 2 is 1.85 bits per heavy atom. The van der Waals surface area contributed by atoms with Crippen molar-refractivity contribution in [3.8, 4) is 17.3 Å². The average Bonchev–Trinajstić information content (AvgIpc) is 3.32. The van der Waals surface area contributed by atoms with E-state index in [2.05, 4.69) is 20.7 Å². The van der Waals surface area contributed by atoms with E-state index in [1.54, 1.807) is 31.2 Å². The molecule has 198 valence electrons. The number of rotatable bonds is 6. The summed E-state index contributed by atoms with van der Waals surface area (Å²) in [5, 5.41) is 19.4. The van der Waals surface area contributed by atoms with Gasteiger partial charge in [0, 0.05) is 25.0 Å². The monoisotopic (exact) mass is 552 g/mol. The number of hydrogen-bond acceptors (Lipinski definition) is 5. The summed E-state index contributed by atoms with van der Waals surface area (Å²) < 4.78 is 40.1. The predicted octanol–water partition coefficient (Wildman–Crippen LogP) is 5.46. The van der Waals surface area contributed by atoms with E-state index in [0.29, 0.717) is 21.7 Å². The standard InChI is InChI=1S/C27H20ClF3N6O2/c1-15-9-17(11-32)10-19(25(38)33-2)23(15)35-26(39)20-14-37(36-24(20)18-5-3-4-6-21(18)28)13-16-7-8-22(34-12-16)27(29,30)31/h3-10,12,14H,13H2,1-2H3,(H,33,38)(H,35,39). The van der Waals surface area contributed by atoms with E-state index in [1.807, 2.05) is 6.07 Å². The zero-order chi connectivity index (χ0) is 28.3. The van der Waals surface area contributed by atoms with Crippen molar-refractivity contribution in [2.45, 2.75) is 19.6 Å². The number of aromatic nitrogens is 3. The van der Waals surface area contributed by atoms with E-state index in [9.17, 15) is 28.0 Å². The van der Waals surface area contributed by atoms with Crippen LogP contribution >= 0.6 is 11.6 Å². The summed E-state index contributed by atoms with van der Waals surface area (Å²) in [5.74, 6) is -1.11. The van der Waals surface area contributed by atoms with Crippen molar-refractivity contribution in [3.63, 3.8) is 0 Å². The average molecular weight is 553 g/mol. The topological polar surface area (TPSA) is 113 Å². The van der Waals surface area contributed by atoms with Gasteiger partial charge in [-0.1, -0.05) is 35.9 Å². The third-order valence-corrected chi connectivity index (χ3v) is 6.10. The van der Waals surface area contributed by atoms with Crippen molar-refractivity contribution in [1.29, 1.82) is 5.26 Å². The summed E-state index contributed by atoms with van der Waals surface area (Å²) in [6.45, 7) is 1.67. The molecule has 4 aromatic rings. The van der Waals surface area contributed by atoms with Crippen LogP contribution < -0.4 is 10.6 Å². The predicted molar refractivity (Wildman–Crippen MR) is 138 cm³/mol. The highest BCUT2D eigenvalue weighted by Gasteiger charge is 2.32. The third-order valence-electron chi connectivity index (χ3n) is 5.77. The molecule has 0 aliphatic rings. The van der Waals surface area contributed by atoms with E-state index < -0.39 is 23.7 Å². The molecular weight excluding hydrogens is 533 g/mol. The molecule has 4 rings (SSSR count). The van der Waals surface area contributed by atoms with Crippen LogP contribution in [0.25, 0.3) is 11.3 Å². The van der Waals surface area contributed by atoms with Gasteiger partial charge in [-0.3, -0.25) is 19.3 Å². The number of nitrogens with zero attached hydrogens (tertiary/aromatic N) is 4. The number of alkyl halides is 3. The Hall–Kier alpha value is -4.69. The van der Waals surface area contributed by atoms with Gasteiger partial charge < -0.3 is 10.6 Å². The molecule has 39 heavy (non-hydrogen) atoms. The number of carbonyl (C=O) groups excluding carboxylic acids is 2. The Bertz CT molecular complexity index is 1610. The van der Waals surface area contributed by atoms with E-state index in [1.165, 1.54) is 36.1 Å². The third kappa shape index (κ3) is 5.91. The van der Waals surface area contributed by atoms with E-state index >= 15 is 0 Å². The molecule has 0 radical (unpaired) electrons. The van der Waals surface area contributed by atoms with Crippen LogP contribution in [0.3, 0.4) is 0 Å². The Morgan fingerprint density at radius 3 is 2.46 bits per heavy atom. The number of benzene rings is 2. The lowest BCUT2D eigenvalue weighted by atomic mass is 10.0. The van der Waals surface area contributed by atoms with Crippen LogP contribution in [-0.4, -0.2) is 33.6 Å². The number of aryl methyl sites for hydroxylation is 1. The van der Waals surface area contributed by atoms with Crippen molar-refractivity contribution in [2.24, 2.45) is 0 Å². The summed E-state index contributed by atoms with van der Waals surface area (Å²) in [6.07, 6.45) is -2.04. The molecule has 0 unspecified atom stereocenters. The van der Waals surface area contributed by atoms with Gasteiger partial charge in [-0.25, -0.2) is 0 Å². The van der Waals surface area contributed by atoms with Crippen molar-refractivity contribution >= 4 is 29.1 Å². The van der Waals surface area contributed by atoms with Gasteiger partial charge in [0.05, 0.1) is 40.0 Å². The van der Waals surface area contributed by atoms with Crippen molar-refractivity contribution in [3.05, 3.63) is 99.5 Å². The maximum Gasteiger partial charge on any atom is 0.433 e. The number of hydrogen-bond donors (Lipinski definition) is 2. The lowest BCUT2D eigenvalue weighted by Gasteiger charge is -2.14. The van der Waals surface area contributed by atoms with Gasteiger partial charge >= 0.3 is 6.18 Å². The van der Waals surface area contributed by atoms with Crippen LogP contribution in [0.1, 0.15) is 43.1 Å². The van der Waals surface area contributed by atoms with E-state index in [0.717, 1.165) is 12.3 Å². The highest BCUT2D eigenvalue weighted by Crippen LogP contribution is 2.31. The molecule has 2 aromatic heterocycles. The molecule has 0 saturated carbocycles. The molecular formula is C27H20ClF3N6O2. The van der Waals surface area contributed by atoms with E-state index in [-0.39, 0.29) is 34.6 Å². The fourth-order valence-corrected chi connectivity index (χ4v) is 4.13. The Morgan fingerprint density at radius 1 is 1.10 bits per heavy atom. The van der Waals surface area contributed by atoms with Gasteiger partial charge in [-0.2, -0.15) is 23.5 Å². The summed E-state index contributed by atoms with van der Waals surface area (Å²) in [6, 6.07) is 13.8. The molecule has 2 aromatic carbocycles. The molecule has 0 bridgehead atoms. The number of amides is 2. The fourth-order valence-electron chi connectivity index (χ4n) is 3.91. The van der Waals surface area contributed by atoms with Crippen molar-refractivity contribution in [1.82, 2.24) is 20.1 Å². The van der Waals surface area contributed by atoms with Crippen LogP contribution in [0.15, 0.2) is 60.9 Å². The van der Waals surface area contributed by atoms with Gasteiger partial charge in [0.2, 0.25) is 0 Å². The maximum atomic E-state index is 13.6. The molecule has 12 heteroatoms. The number of carbonyl (C=O) groups is 2. The van der Waals surface area contributed by atoms with Crippen molar-refractivity contribution in [2.75, 3.05) is 12.4 Å². The minimum absolute atomic E-state index is 0.0231.